The molecule has 1 aromatic rings. The van der Waals surface area contributed by atoms with Crippen molar-refractivity contribution in [3.05, 3.63) is 35.4 Å². The molecule has 0 fully saturated rings. The first kappa shape index (κ1) is 12.2. The zero-order valence-corrected chi connectivity index (χ0v) is 9.48. The molecular weight excluding hydrogens is 188 g/mol. The predicted octanol–water partition coefficient (Wildman–Crippen LogP) is 1.92. The molecule has 0 heterocycles. The Bertz CT molecular complexity index is 277. The Hall–Kier alpha value is -0.860. The fourth-order valence-corrected chi connectivity index (χ4v) is 1.50. The van der Waals surface area contributed by atoms with Crippen LogP contribution in [0.5, 0.6) is 0 Å². The SMILES string of the molecule is CCc1ccc(CCC(O)C(C)O)cc1. The van der Waals surface area contributed by atoms with Gasteiger partial charge in [0.25, 0.3) is 0 Å². The maximum Gasteiger partial charge on any atom is 0.0799 e. The average Bonchev–Trinajstić information content (AvgIpc) is 2.26. The molecule has 0 bridgehead atoms. The fourth-order valence-electron chi connectivity index (χ4n) is 1.50. The van der Waals surface area contributed by atoms with E-state index in [1.165, 1.54) is 11.1 Å². The molecule has 0 radical (unpaired) electrons. The Morgan fingerprint density at radius 2 is 1.60 bits per heavy atom. The van der Waals surface area contributed by atoms with Crippen molar-refractivity contribution in [3.63, 3.8) is 0 Å². The Morgan fingerprint density at radius 3 is 2.07 bits per heavy atom. The number of hydrogen-bond acceptors (Lipinski definition) is 2. The predicted molar refractivity (Wildman–Crippen MR) is 61.8 cm³/mol. The van der Waals surface area contributed by atoms with Crippen LogP contribution in [-0.2, 0) is 12.8 Å². The summed E-state index contributed by atoms with van der Waals surface area (Å²) in [6.07, 6.45) is 1.23. The van der Waals surface area contributed by atoms with Crippen LogP contribution in [0.3, 0.4) is 0 Å². The normalized spacial score (nSPS) is 14.9. The Kier molecular flexibility index (Phi) is 4.79. The van der Waals surface area contributed by atoms with E-state index in [9.17, 15) is 5.11 Å². The zero-order chi connectivity index (χ0) is 11.3. The van der Waals surface area contributed by atoms with E-state index in [-0.39, 0.29) is 0 Å². The molecule has 1 rings (SSSR count). The van der Waals surface area contributed by atoms with Crippen LogP contribution in [0.2, 0.25) is 0 Å². The highest BCUT2D eigenvalue weighted by Crippen LogP contribution is 2.09. The highest BCUT2D eigenvalue weighted by Gasteiger charge is 2.10. The number of aliphatic hydroxyl groups is 2. The molecule has 0 aliphatic heterocycles. The van der Waals surface area contributed by atoms with Crippen molar-refractivity contribution >= 4 is 0 Å². The summed E-state index contributed by atoms with van der Waals surface area (Å²) in [5.41, 5.74) is 2.54. The third-order valence-electron chi connectivity index (χ3n) is 2.72. The van der Waals surface area contributed by atoms with Crippen LogP contribution in [0.25, 0.3) is 0 Å². The van der Waals surface area contributed by atoms with Crippen LogP contribution in [-0.4, -0.2) is 22.4 Å². The zero-order valence-electron chi connectivity index (χ0n) is 9.48. The van der Waals surface area contributed by atoms with Gasteiger partial charge in [0.05, 0.1) is 12.2 Å². The lowest BCUT2D eigenvalue weighted by Crippen LogP contribution is -2.22. The van der Waals surface area contributed by atoms with E-state index in [2.05, 4.69) is 31.2 Å². The second-order valence-electron chi connectivity index (χ2n) is 4.02. The minimum absolute atomic E-state index is 0.614. The van der Waals surface area contributed by atoms with Crippen LogP contribution >= 0.6 is 0 Å². The first-order chi connectivity index (χ1) is 7.13. The maximum absolute atomic E-state index is 9.44. The summed E-state index contributed by atoms with van der Waals surface area (Å²) in [5, 5.41) is 18.6. The van der Waals surface area contributed by atoms with Crippen LogP contribution in [0.4, 0.5) is 0 Å². The minimum atomic E-state index is -0.639. The van der Waals surface area contributed by atoms with Crippen molar-refractivity contribution in [2.45, 2.75) is 45.3 Å². The summed E-state index contributed by atoms with van der Waals surface area (Å²) in [4.78, 5) is 0. The van der Waals surface area contributed by atoms with E-state index >= 15 is 0 Å². The topological polar surface area (TPSA) is 40.5 Å². The summed E-state index contributed by atoms with van der Waals surface area (Å²) < 4.78 is 0. The average molecular weight is 208 g/mol. The molecule has 0 aliphatic carbocycles. The molecule has 2 nitrogen and oxygen atoms in total. The molecule has 0 aromatic heterocycles. The molecule has 15 heavy (non-hydrogen) atoms. The first-order valence-electron chi connectivity index (χ1n) is 5.57. The molecule has 0 saturated heterocycles. The minimum Gasteiger partial charge on any atom is -0.391 e. The van der Waals surface area contributed by atoms with Gasteiger partial charge >= 0.3 is 0 Å². The summed E-state index contributed by atoms with van der Waals surface area (Å²) in [5.74, 6) is 0. The molecule has 1 aromatic carbocycles. The van der Waals surface area contributed by atoms with E-state index in [1.807, 2.05) is 0 Å². The van der Waals surface area contributed by atoms with E-state index in [1.54, 1.807) is 6.92 Å². The van der Waals surface area contributed by atoms with Crippen molar-refractivity contribution in [3.8, 4) is 0 Å². The summed E-state index contributed by atoms with van der Waals surface area (Å²) in [6.45, 7) is 3.75. The van der Waals surface area contributed by atoms with E-state index < -0.39 is 12.2 Å². The third kappa shape index (κ3) is 4.02. The Morgan fingerprint density at radius 1 is 1.07 bits per heavy atom. The maximum atomic E-state index is 9.44. The number of hydrogen-bond donors (Lipinski definition) is 2. The Balaban J connectivity index is 2.44. The summed E-state index contributed by atoms with van der Waals surface area (Å²) in [7, 11) is 0. The monoisotopic (exact) mass is 208 g/mol. The Labute approximate surface area is 91.6 Å². The summed E-state index contributed by atoms with van der Waals surface area (Å²) >= 11 is 0. The van der Waals surface area contributed by atoms with Gasteiger partial charge in [-0.2, -0.15) is 0 Å². The second-order valence-corrected chi connectivity index (χ2v) is 4.02. The molecule has 0 aliphatic rings. The van der Waals surface area contributed by atoms with Gasteiger partial charge < -0.3 is 10.2 Å². The van der Waals surface area contributed by atoms with Crippen molar-refractivity contribution in [2.75, 3.05) is 0 Å². The van der Waals surface area contributed by atoms with Gasteiger partial charge in [0.1, 0.15) is 0 Å². The highest BCUT2D eigenvalue weighted by atomic mass is 16.3. The molecule has 0 spiro atoms. The van der Waals surface area contributed by atoms with Gasteiger partial charge in [0.15, 0.2) is 0 Å². The van der Waals surface area contributed by atoms with Gasteiger partial charge in [0, 0.05) is 0 Å². The van der Waals surface area contributed by atoms with Gasteiger partial charge in [-0.15, -0.1) is 0 Å². The first-order valence-corrected chi connectivity index (χ1v) is 5.57. The van der Waals surface area contributed by atoms with Crippen LogP contribution in [0, 0.1) is 0 Å². The van der Waals surface area contributed by atoms with Crippen molar-refractivity contribution in [2.24, 2.45) is 0 Å². The lowest BCUT2D eigenvalue weighted by atomic mass is 10.0. The van der Waals surface area contributed by atoms with Gasteiger partial charge in [-0.3, -0.25) is 0 Å². The van der Waals surface area contributed by atoms with E-state index in [0.29, 0.717) is 6.42 Å². The lowest BCUT2D eigenvalue weighted by Gasteiger charge is -2.13. The molecular formula is C13H20O2. The van der Waals surface area contributed by atoms with Crippen molar-refractivity contribution in [1.29, 1.82) is 0 Å². The van der Waals surface area contributed by atoms with E-state index in [0.717, 1.165) is 12.8 Å². The fraction of sp³-hybridized carbons (Fsp3) is 0.538. The number of rotatable bonds is 5. The van der Waals surface area contributed by atoms with Crippen LogP contribution < -0.4 is 0 Å². The molecule has 2 atom stereocenters. The van der Waals surface area contributed by atoms with Crippen LogP contribution in [0.15, 0.2) is 24.3 Å². The van der Waals surface area contributed by atoms with Crippen LogP contribution in [0.1, 0.15) is 31.4 Å². The van der Waals surface area contributed by atoms with Gasteiger partial charge in [-0.25, -0.2) is 0 Å². The molecule has 0 amide bonds. The smallest absolute Gasteiger partial charge is 0.0799 e. The standard InChI is InChI=1S/C13H20O2/c1-3-11-4-6-12(7-5-11)8-9-13(15)10(2)14/h4-7,10,13-15H,3,8-9H2,1-2H3. The van der Waals surface area contributed by atoms with Gasteiger partial charge in [0.2, 0.25) is 0 Å². The van der Waals surface area contributed by atoms with Crippen molar-refractivity contribution in [1.82, 2.24) is 0 Å². The molecule has 2 N–H and O–H groups in total. The van der Waals surface area contributed by atoms with Gasteiger partial charge in [-0.05, 0) is 37.3 Å². The second kappa shape index (κ2) is 5.89. The number of aryl methyl sites for hydroxylation is 2. The van der Waals surface area contributed by atoms with Crippen molar-refractivity contribution < 1.29 is 10.2 Å². The lowest BCUT2D eigenvalue weighted by molar-refractivity contribution is 0.0265. The molecule has 2 heteroatoms. The molecule has 2 unspecified atom stereocenters. The molecule has 0 saturated carbocycles. The summed E-state index contributed by atoms with van der Waals surface area (Å²) in [6, 6.07) is 8.41. The quantitative estimate of drug-likeness (QED) is 0.776. The molecule has 84 valence electrons. The number of benzene rings is 1. The third-order valence-corrected chi connectivity index (χ3v) is 2.72. The van der Waals surface area contributed by atoms with Gasteiger partial charge in [-0.1, -0.05) is 31.2 Å². The van der Waals surface area contributed by atoms with E-state index in [4.69, 9.17) is 5.11 Å². The highest BCUT2D eigenvalue weighted by molar-refractivity contribution is 5.22. The number of aliphatic hydroxyl groups excluding tert-OH is 2. The largest absolute Gasteiger partial charge is 0.391 e.